The van der Waals surface area contributed by atoms with Crippen molar-refractivity contribution in [3.63, 3.8) is 0 Å². The number of amides is 1. The smallest absolute Gasteiger partial charge is 0.285 e. The average molecular weight is 398 g/mol. The monoisotopic (exact) mass is 397 g/mol. The number of carbonyl (C=O) groups is 1. The van der Waals surface area contributed by atoms with Crippen LogP contribution in [0.1, 0.15) is 36.0 Å². The van der Waals surface area contributed by atoms with E-state index in [0.29, 0.717) is 30.9 Å². The molecule has 2 aliphatic rings. The Hall–Kier alpha value is -2.67. The topological polar surface area (TPSA) is 78.8 Å². The predicted octanol–water partition coefficient (Wildman–Crippen LogP) is 2.61. The van der Waals surface area contributed by atoms with E-state index in [4.69, 9.17) is 0 Å². The number of nitrogens with zero attached hydrogens (tertiary/aromatic N) is 2. The molecule has 0 spiro atoms. The van der Waals surface area contributed by atoms with E-state index in [-0.39, 0.29) is 10.8 Å². The van der Waals surface area contributed by atoms with Crippen LogP contribution < -0.4 is 5.32 Å². The Bertz CT molecular complexity index is 1050. The Balaban J connectivity index is 1.57. The molecule has 0 aliphatic carbocycles. The third-order valence-electron chi connectivity index (χ3n) is 5.40. The molecule has 2 aromatic rings. The number of hydrogen-bond donors (Lipinski definition) is 1. The molecule has 0 saturated carbocycles. The van der Waals surface area contributed by atoms with Crippen molar-refractivity contribution < 1.29 is 13.2 Å². The van der Waals surface area contributed by atoms with Gasteiger partial charge in [0.05, 0.1) is 0 Å². The van der Waals surface area contributed by atoms with Gasteiger partial charge in [-0.3, -0.25) is 4.79 Å². The molecular formula is C21H23N3O3S. The first kappa shape index (κ1) is 18.7. The summed E-state index contributed by atoms with van der Waals surface area (Å²) in [5.74, 6) is 0.304. The number of benzene rings is 2. The van der Waals surface area contributed by atoms with Gasteiger partial charge in [0.1, 0.15) is 10.9 Å². The number of piperidine rings is 1. The van der Waals surface area contributed by atoms with Crippen LogP contribution in [0.15, 0.2) is 57.8 Å². The minimum Gasteiger partial charge on any atom is -0.350 e. The molecule has 7 heteroatoms. The van der Waals surface area contributed by atoms with Gasteiger partial charge in [-0.1, -0.05) is 36.4 Å². The van der Waals surface area contributed by atoms with Crippen LogP contribution in [-0.4, -0.2) is 37.6 Å². The van der Waals surface area contributed by atoms with E-state index >= 15 is 0 Å². The zero-order valence-corrected chi connectivity index (χ0v) is 16.6. The molecule has 2 aromatic carbocycles. The van der Waals surface area contributed by atoms with Crippen molar-refractivity contribution in [2.45, 2.75) is 43.7 Å². The molecule has 1 atom stereocenters. The summed E-state index contributed by atoms with van der Waals surface area (Å²) in [7, 11) is -3.70. The van der Waals surface area contributed by atoms with Gasteiger partial charge >= 0.3 is 0 Å². The van der Waals surface area contributed by atoms with Crippen molar-refractivity contribution in [2.24, 2.45) is 4.40 Å². The van der Waals surface area contributed by atoms with Gasteiger partial charge in [-0.15, -0.1) is 4.40 Å². The fourth-order valence-corrected chi connectivity index (χ4v) is 5.08. The van der Waals surface area contributed by atoms with E-state index < -0.39 is 16.1 Å². The summed E-state index contributed by atoms with van der Waals surface area (Å²) < 4.78 is 28.8. The van der Waals surface area contributed by atoms with E-state index in [0.717, 1.165) is 24.0 Å². The van der Waals surface area contributed by atoms with Crippen LogP contribution >= 0.6 is 0 Å². The summed E-state index contributed by atoms with van der Waals surface area (Å²) >= 11 is 0. The van der Waals surface area contributed by atoms with Gasteiger partial charge < -0.3 is 10.2 Å². The van der Waals surface area contributed by atoms with E-state index in [9.17, 15) is 13.2 Å². The minimum absolute atomic E-state index is 0.0903. The lowest BCUT2D eigenvalue weighted by Gasteiger charge is -2.36. The van der Waals surface area contributed by atoms with E-state index in [1.54, 1.807) is 24.3 Å². The van der Waals surface area contributed by atoms with E-state index in [1.165, 1.54) is 0 Å². The second-order valence-corrected chi connectivity index (χ2v) is 8.81. The number of aryl methyl sites for hydroxylation is 1. The Morgan fingerprint density at radius 1 is 1.14 bits per heavy atom. The van der Waals surface area contributed by atoms with Crippen molar-refractivity contribution in [3.05, 3.63) is 65.2 Å². The van der Waals surface area contributed by atoms with Gasteiger partial charge in [0.15, 0.2) is 5.84 Å². The van der Waals surface area contributed by atoms with Crippen LogP contribution in [0.5, 0.6) is 0 Å². The Kier molecular flexibility index (Phi) is 4.93. The van der Waals surface area contributed by atoms with E-state index in [1.807, 2.05) is 36.1 Å². The highest BCUT2D eigenvalue weighted by molar-refractivity contribution is 7.90. The maximum absolute atomic E-state index is 13.0. The van der Waals surface area contributed by atoms with Crippen LogP contribution in [0.3, 0.4) is 0 Å². The van der Waals surface area contributed by atoms with Crippen molar-refractivity contribution in [1.29, 1.82) is 0 Å². The second kappa shape index (κ2) is 7.39. The summed E-state index contributed by atoms with van der Waals surface area (Å²) in [5.41, 5.74) is 2.79. The first-order valence-corrected chi connectivity index (χ1v) is 10.9. The number of nitrogens with one attached hydrogen (secondary N) is 1. The fraction of sp³-hybridized carbons (Fsp3) is 0.333. The molecule has 0 radical (unpaired) electrons. The third-order valence-corrected chi connectivity index (χ3v) is 6.73. The van der Waals surface area contributed by atoms with Crippen LogP contribution in [0.4, 0.5) is 0 Å². The lowest BCUT2D eigenvalue weighted by atomic mass is 9.99. The normalized spacial score (nSPS) is 20.4. The molecule has 0 aromatic heterocycles. The Labute approximate surface area is 165 Å². The number of likely N-dealkylation sites (tertiary alicyclic amines) is 1. The molecule has 2 heterocycles. The van der Waals surface area contributed by atoms with Gasteiger partial charge in [0, 0.05) is 18.7 Å². The van der Waals surface area contributed by atoms with Gasteiger partial charge in [-0.05, 0) is 49.4 Å². The van der Waals surface area contributed by atoms with E-state index in [2.05, 4.69) is 9.71 Å². The van der Waals surface area contributed by atoms with Crippen LogP contribution in [-0.2, 0) is 21.4 Å². The van der Waals surface area contributed by atoms with Crippen molar-refractivity contribution in [3.8, 4) is 0 Å². The molecule has 1 saturated heterocycles. The first-order valence-electron chi connectivity index (χ1n) is 9.50. The molecular weight excluding hydrogens is 374 g/mol. The summed E-state index contributed by atoms with van der Waals surface area (Å²) in [6.45, 7) is 3.09. The number of fused-ring (bicyclic) bond motifs is 1. The SMILES string of the molecule is Cc1ccccc1CNC(=O)[C@@H]1CCCCN1C1=NS(=O)(=O)c2ccccc21. The molecule has 146 valence electrons. The molecule has 0 bridgehead atoms. The molecule has 0 unspecified atom stereocenters. The molecule has 4 rings (SSSR count). The number of hydrogen-bond acceptors (Lipinski definition) is 4. The zero-order valence-electron chi connectivity index (χ0n) is 15.8. The summed E-state index contributed by atoms with van der Waals surface area (Å²) in [4.78, 5) is 15.0. The van der Waals surface area contributed by atoms with Gasteiger partial charge in [0.25, 0.3) is 10.0 Å². The fourth-order valence-electron chi connectivity index (χ4n) is 3.86. The summed E-state index contributed by atoms with van der Waals surface area (Å²) in [6.07, 6.45) is 2.52. The standard InChI is InChI=1S/C21H23N3O3S/c1-15-8-2-3-9-16(15)14-22-21(25)18-11-6-7-13-24(18)20-17-10-4-5-12-19(17)28(26,27)23-20/h2-5,8-10,12,18H,6-7,11,13-14H2,1H3,(H,22,25)/t18-/m0/s1. The molecule has 1 amide bonds. The summed E-state index contributed by atoms with van der Waals surface area (Å²) in [5, 5.41) is 3.02. The Morgan fingerprint density at radius 3 is 2.71 bits per heavy atom. The number of carbonyl (C=O) groups excluding carboxylic acids is 1. The van der Waals surface area contributed by atoms with Crippen molar-refractivity contribution in [1.82, 2.24) is 10.2 Å². The molecule has 28 heavy (non-hydrogen) atoms. The minimum atomic E-state index is -3.70. The summed E-state index contributed by atoms with van der Waals surface area (Å²) in [6, 6.07) is 14.3. The lowest BCUT2D eigenvalue weighted by molar-refractivity contribution is -0.126. The molecule has 6 nitrogen and oxygen atoms in total. The molecule has 1 fully saturated rings. The predicted molar refractivity (Wildman–Crippen MR) is 108 cm³/mol. The van der Waals surface area contributed by atoms with Crippen LogP contribution in [0.25, 0.3) is 0 Å². The zero-order chi connectivity index (χ0) is 19.7. The highest BCUT2D eigenvalue weighted by Crippen LogP contribution is 2.30. The van der Waals surface area contributed by atoms with Crippen LogP contribution in [0, 0.1) is 6.92 Å². The number of sulfonamides is 1. The highest BCUT2D eigenvalue weighted by Gasteiger charge is 2.37. The van der Waals surface area contributed by atoms with Gasteiger partial charge in [0.2, 0.25) is 5.91 Å². The molecule has 2 aliphatic heterocycles. The Morgan fingerprint density at radius 2 is 1.89 bits per heavy atom. The largest absolute Gasteiger partial charge is 0.350 e. The molecule has 1 N–H and O–H groups in total. The highest BCUT2D eigenvalue weighted by atomic mass is 32.2. The third kappa shape index (κ3) is 3.42. The van der Waals surface area contributed by atoms with Crippen LogP contribution in [0.2, 0.25) is 0 Å². The average Bonchev–Trinajstić information content (AvgIpc) is 2.98. The van der Waals surface area contributed by atoms with Gasteiger partial charge in [-0.2, -0.15) is 8.42 Å². The van der Waals surface area contributed by atoms with Gasteiger partial charge in [-0.25, -0.2) is 0 Å². The maximum atomic E-state index is 13.0. The maximum Gasteiger partial charge on any atom is 0.285 e. The van der Waals surface area contributed by atoms with Crippen molar-refractivity contribution in [2.75, 3.05) is 6.54 Å². The number of amidine groups is 1. The second-order valence-electron chi connectivity index (χ2n) is 7.24. The lowest BCUT2D eigenvalue weighted by Crippen LogP contribution is -2.51. The van der Waals surface area contributed by atoms with Crippen molar-refractivity contribution >= 4 is 21.8 Å². The quantitative estimate of drug-likeness (QED) is 0.864. The first-order chi connectivity index (χ1) is 13.5. The number of rotatable bonds is 3.